The predicted octanol–water partition coefficient (Wildman–Crippen LogP) is 2.65. The summed E-state index contributed by atoms with van der Waals surface area (Å²) < 4.78 is 0. The van der Waals surface area contributed by atoms with Gasteiger partial charge in [0.15, 0.2) is 0 Å². The minimum absolute atomic E-state index is 0.132. The van der Waals surface area contributed by atoms with E-state index in [1.165, 1.54) is 17.7 Å². The summed E-state index contributed by atoms with van der Waals surface area (Å²) in [5, 5.41) is 13.7. The molecular weight excluding hydrogens is 204 g/mol. The highest BCUT2D eigenvalue weighted by Gasteiger charge is 2.02. The number of nitrogens with one attached hydrogen (secondary N) is 1. The van der Waals surface area contributed by atoms with Crippen LogP contribution in [0.1, 0.15) is 19.4 Å². The number of non-ortho nitro benzene ring substituents is 1. The number of rotatable bonds is 5. The minimum atomic E-state index is -0.389. The van der Waals surface area contributed by atoms with Gasteiger partial charge in [0, 0.05) is 25.2 Å². The lowest BCUT2D eigenvalue weighted by atomic mass is 10.2. The van der Waals surface area contributed by atoms with Crippen molar-refractivity contribution in [1.29, 1.82) is 0 Å². The molecule has 0 amide bonds. The second-order valence-electron chi connectivity index (χ2n) is 3.84. The van der Waals surface area contributed by atoms with Crippen LogP contribution in [0.4, 0.5) is 5.69 Å². The molecular formula is C12H16N2O2. The van der Waals surface area contributed by atoms with Crippen molar-refractivity contribution in [2.45, 2.75) is 20.4 Å². The molecule has 0 saturated heterocycles. The molecule has 0 aliphatic rings. The van der Waals surface area contributed by atoms with Crippen molar-refractivity contribution >= 4 is 5.69 Å². The number of hydrogen-bond acceptors (Lipinski definition) is 3. The van der Waals surface area contributed by atoms with Gasteiger partial charge >= 0.3 is 0 Å². The first-order chi connectivity index (χ1) is 7.59. The zero-order chi connectivity index (χ0) is 12.0. The summed E-state index contributed by atoms with van der Waals surface area (Å²) in [6, 6.07) is 6.59. The molecule has 4 nitrogen and oxygen atoms in total. The molecule has 1 aromatic carbocycles. The summed E-state index contributed by atoms with van der Waals surface area (Å²) in [6.07, 6.45) is 2.10. The molecule has 0 heterocycles. The Kier molecular flexibility index (Phi) is 4.66. The van der Waals surface area contributed by atoms with E-state index < -0.39 is 0 Å². The molecule has 0 spiro atoms. The van der Waals surface area contributed by atoms with Crippen molar-refractivity contribution in [3.05, 3.63) is 51.6 Å². The van der Waals surface area contributed by atoms with Gasteiger partial charge in [-0.15, -0.1) is 0 Å². The van der Waals surface area contributed by atoms with Crippen LogP contribution in [0.3, 0.4) is 0 Å². The van der Waals surface area contributed by atoms with Crippen LogP contribution >= 0.6 is 0 Å². The topological polar surface area (TPSA) is 55.2 Å². The van der Waals surface area contributed by atoms with Crippen LogP contribution in [0.5, 0.6) is 0 Å². The van der Waals surface area contributed by atoms with Crippen molar-refractivity contribution in [1.82, 2.24) is 5.32 Å². The quantitative estimate of drug-likeness (QED) is 0.359. The van der Waals surface area contributed by atoms with Crippen molar-refractivity contribution in [3.8, 4) is 0 Å². The number of benzene rings is 1. The molecule has 1 rings (SSSR count). The Morgan fingerprint density at radius 3 is 2.50 bits per heavy atom. The molecule has 86 valence electrons. The molecule has 16 heavy (non-hydrogen) atoms. The minimum Gasteiger partial charge on any atom is -0.309 e. The first-order valence-electron chi connectivity index (χ1n) is 5.17. The molecule has 0 saturated carbocycles. The fourth-order valence-electron chi connectivity index (χ4n) is 1.23. The predicted molar refractivity (Wildman–Crippen MR) is 64.2 cm³/mol. The van der Waals surface area contributed by atoms with Gasteiger partial charge in [0.25, 0.3) is 5.69 Å². The number of nitro groups is 1. The van der Waals surface area contributed by atoms with E-state index in [9.17, 15) is 10.1 Å². The SMILES string of the molecule is CC(C)=CCNCc1ccc([N+](=O)[O-])cc1. The number of nitro benzene ring substituents is 1. The Labute approximate surface area is 95.1 Å². The average Bonchev–Trinajstić information content (AvgIpc) is 2.25. The monoisotopic (exact) mass is 220 g/mol. The molecule has 0 atom stereocenters. The maximum absolute atomic E-state index is 10.4. The van der Waals surface area contributed by atoms with Gasteiger partial charge in [-0.2, -0.15) is 0 Å². The van der Waals surface area contributed by atoms with Gasteiger partial charge in [0.2, 0.25) is 0 Å². The molecule has 0 aromatic heterocycles. The third kappa shape index (κ3) is 4.23. The zero-order valence-electron chi connectivity index (χ0n) is 9.56. The Balaban J connectivity index is 2.44. The van der Waals surface area contributed by atoms with Gasteiger partial charge in [-0.3, -0.25) is 10.1 Å². The van der Waals surface area contributed by atoms with Crippen LogP contribution in [-0.4, -0.2) is 11.5 Å². The number of nitrogens with zero attached hydrogens (tertiary/aromatic N) is 1. The van der Waals surface area contributed by atoms with E-state index in [0.717, 1.165) is 18.7 Å². The molecule has 0 fully saturated rings. The largest absolute Gasteiger partial charge is 0.309 e. The lowest BCUT2D eigenvalue weighted by Gasteiger charge is -2.02. The van der Waals surface area contributed by atoms with Gasteiger partial charge in [-0.25, -0.2) is 0 Å². The second kappa shape index (κ2) is 6.02. The maximum atomic E-state index is 10.4. The Morgan fingerprint density at radius 2 is 2.00 bits per heavy atom. The van der Waals surface area contributed by atoms with Crippen molar-refractivity contribution < 1.29 is 4.92 Å². The molecule has 0 radical (unpaired) electrons. The van der Waals surface area contributed by atoms with Crippen LogP contribution in [0.2, 0.25) is 0 Å². The average molecular weight is 220 g/mol. The highest BCUT2D eigenvalue weighted by Crippen LogP contribution is 2.11. The van der Waals surface area contributed by atoms with E-state index in [0.29, 0.717) is 0 Å². The zero-order valence-corrected chi connectivity index (χ0v) is 9.56. The standard InChI is InChI=1S/C12H16N2O2/c1-10(2)7-8-13-9-11-3-5-12(6-4-11)14(15)16/h3-7,13H,8-9H2,1-2H3. The smallest absolute Gasteiger partial charge is 0.269 e. The number of hydrogen-bond donors (Lipinski definition) is 1. The Bertz CT molecular complexity index is 379. The summed E-state index contributed by atoms with van der Waals surface area (Å²) in [7, 11) is 0. The molecule has 0 aliphatic carbocycles. The van der Waals surface area contributed by atoms with Crippen molar-refractivity contribution in [3.63, 3.8) is 0 Å². The van der Waals surface area contributed by atoms with Gasteiger partial charge in [0.05, 0.1) is 4.92 Å². The van der Waals surface area contributed by atoms with Crippen LogP contribution in [0, 0.1) is 10.1 Å². The third-order valence-electron chi connectivity index (χ3n) is 2.13. The first-order valence-corrected chi connectivity index (χ1v) is 5.17. The highest BCUT2D eigenvalue weighted by molar-refractivity contribution is 5.32. The van der Waals surface area contributed by atoms with E-state index in [2.05, 4.69) is 11.4 Å². The molecule has 0 aliphatic heterocycles. The third-order valence-corrected chi connectivity index (χ3v) is 2.13. The van der Waals surface area contributed by atoms with Gasteiger partial charge in [-0.1, -0.05) is 23.8 Å². The highest BCUT2D eigenvalue weighted by atomic mass is 16.6. The fraction of sp³-hybridized carbons (Fsp3) is 0.333. The summed E-state index contributed by atoms with van der Waals surface area (Å²) in [5.74, 6) is 0. The van der Waals surface area contributed by atoms with Gasteiger partial charge in [0.1, 0.15) is 0 Å². The van der Waals surface area contributed by atoms with E-state index in [1.54, 1.807) is 12.1 Å². The second-order valence-corrected chi connectivity index (χ2v) is 3.84. The van der Waals surface area contributed by atoms with Crippen LogP contribution in [0.25, 0.3) is 0 Å². The van der Waals surface area contributed by atoms with E-state index >= 15 is 0 Å². The Morgan fingerprint density at radius 1 is 1.38 bits per heavy atom. The normalized spacial score (nSPS) is 9.88. The maximum Gasteiger partial charge on any atom is 0.269 e. The molecule has 1 N–H and O–H groups in total. The number of allylic oxidation sites excluding steroid dienone is 1. The molecule has 0 bridgehead atoms. The van der Waals surface area contributed by atoms with Gasteiger partial charge < -0.3 is 5.32 Å². The van der Waals surface area contributed by atoms with Crippen LogP contribution in [0.15, 0.2) is 35.9 Å². The Hall–Kier alpha value is -1.68. The summed E-state index contributed by atoms with van der Waals surface area (Å²) in [6.45, 7) is 5.64. The summed E-state index contributed by atoms with van der Waals surface area (Å²) in [5.41, 5.74) is 2.46. The van der Waals surface area contributed by atoms with E-state index in [1.807, 2.05) is 13.8 Å². The van der Waals surface area contributed by atoms with E-state index in [4.69, 9.17) is 0 Å². The lowest BCUT2D eigenvalue weighted by molar-refractivity contribution is -0.384. The first kappa shape index (κ1) is 12.4. The molecule has 4 heteroatoms. The molecule has 0 unspecified atom stereocenters. The lowest BCUT2D eigenvalue weighted by Crippen LogP contribution is -2.12. The summed E-state index contributed by atoms with van der Waals surface area (Å²) >= 11 is 0. The van der Waals surface area contributed by atoms with Crippen LogP contribution in [-0.2, 0) is 6.54 Å². The van der Waals surface area contributed by atoms with E-state index in [-0.39, 0.29) is 10.6 Å². The van der Waals surface area contributed by atoms with Crippen LogP contribution < -0.4 is 5.32 Å². The van der Waals surface area contributed by atoms with Crippen molar-refractivity contribution in [2.75, 3.05) is 6.54 Å². The fourth-order valence-corrected chi connectivity index (χ4v) is 1.23. The molecule has 1 aromatic rings. The van der Waals surface area contributed by atoms with Crippen molar-refractivity contribution in [2.24, 2.45) is 0 Å². The van der Waals surface area contributed by atoms with Gasteiger partial charge in [-0.05, 0) is 19.4 Å². The summed E-state index contributed by atoms with van der Waals surface area (Å²) in [4.78, 5) is 10.0.